The van der Waals surface area contributed by atoms with Gasteiger partial charge in [-0.2, -0.15) is 0 Å². The molecule has 1 rings (SSSR count). The lowest BCUT2D eigenvalue weighted by Crippen LogP contribution is -2.23. The van der Waals surface area contributed by atoms with Crippen molar-refractivity contribution < 1.29 is 9.13 Å². The van der Waals surface area contributed by atoms with Crippen LogP contribution in [0, 0.1) is 5.82 Å². The fourth-order valence-corrected chi connectivity index (χ4v) is 1.68. The van der Waals surface area contributed by atoms with Gasteiger partial charge >= 0.3 is 0 Å². The predicted octanol–water partition coefficient (Wildman–Crippen LogP) is 3.82. The van der Waals surface area contributed by atoms with Gasteiger partial charge in [-0.15, -0.1) is 0 Å². The third-order valence-corrected chi connectivity index (χ3v) is 2.56. The molecule has 1 aromatic carbocycles. The minimum atomic E-state index is -0.259. The summed E-state index contributed by atoms with van der Waals surface area (Å²) >= 11 is 3.30. The van der Waals surface area contributed by atoms with Crippen molar-refractivity contribution in [2.24, 2.45) is 0 Å². The van der Waals surface area contributed by atoms with Crippen LogP contribution in [0.25, 0.3) is 0 Å². The van der Waals surface area contributed by atoms with Crippen LogP contribution in [0.15, 0.2) is 22.7 Å². The lowest BCUT2D eigenvalue weighted by atomic mass is 10.2. The third-order valence-electron chi connectivity index (χ3n) is 1.90. The first-order valence-electron chi connectivity index (χ1n) is 5.22. The number of halogens is 2. The first-order valence-corrected chi connectivity index (χ1v) is 6.01. The van der Waals surface area contributed by atoms with E-state index < -0.39 is 0 Å². The molecule has 0 amide bonds. The van der Waals surface area contributed by atoms with E-state index >= 15 is 0 Å². The largest absolute Gasteiger partial charge is 0.379 e. The van der Waals surface area contributed by atoms with Gasteiger partial charge in [-0.25, -0.2) is 4.39 Å². The maximum atomic E-state index is 13.4. The van der Waals surface area contributed by atoms with Crippen molar-refractivity contribution >= 4 is 21.6 Å². The molecule has 4 heteroatoms. The van der Waals surface area contributed by atoms with Gasteiger partial charge in [-0.3, -0.25) is 0 Å². The molecule has 0 aliphatic rings. The minimum Gasteiger partial charge on any atom is -0.379 e. The predicted molar refractivity (Wildman–Crippen MR) is 68.3 cm³/mol. The van der Waals surface area contributed by atoms with Crippen molar-refractivity contribution in [2.45, 2.75) is 26.4 Å². The highest BCUT2D eigenvalue weighted by Gasteiger charge is 2.10. The molecule has 0 aromatic heterocycles. The number of anilines is 1. The number of benzene rings is 1. The highest BCUT2D eigenvalue weighted by atomic mass is 79.9. The van der Waals surface area contributed by atoms with Gasteiger partial charge in [-0.1, -0.05) is 6.07 Å². The molecule has 2 nitrogen and oxygen atoms in total. The van der Waals surface area contributed by atoms with E-state index in [-0.39, 0.29) is 11.4 Å². The van der Waals surface area contributed by atoms with Crippen molar-refractivity contribution in [3.8, 4) is 0 Å². The van der Waals surface area contributed by atoms with E-state index in [2.05, 4.69) is 21.2 Å². The van der Waals surface area contributed by atoms with Crippen LogP contribution in [0.4, 0.5) is 10.1 Å². The lowest BCUT2D eigenvalue weighted by Gasteiger charge is -2.20. The summed E-state index contributed by atoms with van der Waals surface area (Å²) in [5.74, 6) is -0.259. The van der Waals surface area contributed by atoms with E-state index in [0.29, 0.717) is 18.8 Å². The molecular weight excluding hydrogens is 273 g/mol. The zero-order valence-corrected chi connectivity index (χ0v) is 11.4. The van der Waals surface area contributed by atoms with Gasteiger partial charge in [0.1, 0.15) is 5.82 Å². The summed E-state index contributed by atoms with van der Waals surface area (Å²) in [5.41, 5.74) is 0.328. The normalized spacial score (nSPS) is 11.6. The van der Waals surface area contributed by atoms with Crippen LogP contribution in [-0.4, -0.2) is 18.8 Å². The molecule has 0 spiro atoms. The average molecular weight is 290 g/mol. The second kappa shape index (κ2) is 5.64. The first-order chi connectivity index (χ1) is 7.40. The van der Waals surface area contributed by atoms with Crippen LogP contribution >= 0.6 is 15.9 Å². The van der Waals surface area contributed by atoms with Crippen molar-refractivity contribution in [1.82, 2.24) is 0 Å². The van der Waals surface area contributed by atoms with Crippen LogP contribution < -0.4 is 5.32 Å². The molecule has 0 saturated heterocycles. The smallest absolute Gasteiger partial charge is 0.147 e. The minimum absolute atomic E-state index is 0.159. The summed E-state index contributed by atoms with van der Waals surface area (Å²) in [4.78, 5) is 0. The van der Waals surface area contributed by atoms with Crippen molar-refractivity contribution in [3.05, 3.63) is 28.5 Å². The fourth-order valence-electron chi connectivity index (χ4n) is 1.20. The van der Waals surface area contributed by atoms with Gasteiger partial charge in [0, 0.05) is 11.0 Å². The molecule has 0 radical (unpaired) electrons. The number of hydrogen-bond donors (Lipinski definition) is 1. The molecule has 0 atom stereocenters. The number of nitrogens with one attached hydrogen (secondary N) is 1. The van der Waals surface area contributed by atoms with E-state index in [9.17, 15) is 4.39 Å². The highest BCUT2D eigenvalue weighted by molar-refractivity contribution is 9.10. The summed E-state index contributed by atoms with van der Waals surface area (Å²) in [6.45, 7) is 7.10. The summed E-state index contributed by atoms with van der Waals surface area (Å²) in [6.07, 6.45) is 0. The molecule has 0 fully saturated rings. The van der Waals surface area contributed by atoms with E-state index in [1.165, 1.54) is 6.07 Å². The molecule has 16 heavy (non-hydrogen) atoms. The summed E-state index contributed by atoms with van der Waals surface area (Å²) < 4.78 is 19.6. The maximum absolute atomic E-state index is 13.4. The molecule has 0 unspecified atom stereocenters. The Kier molecular flexibility index (Phi) is 4.74. The average Bonchev–Trinajstić information content (AvgIpc) is 2.14. The maximum Gasteiger partial charge on any atom is 0.147 e. The Balaban J connectivity index is 2.43. The zero-order valence-electron chi connectivity index (χ0n) is 9.81. The van der Waals surface area contributed by atoms with Crippen molar-refractivity contribution in [2.75, 3.05) is 18.5 Å². The van der Waals surface area contributed by atoms with Gasteiger partial charge in [0.05, 0.1) is 17.9 Å². The Morgan fingerprint density at radius 2 is 2.06 bits per heavy atom. The number of rotatable bonds is 4. The summed E-state index contributed by atoms with van der Waals surface area (Å²) in [5, 5.41) is 3.01. The second-order valence-electron chi connectivity index (χ2n) is 4.48. The molecule has 0 bridgehead atoms. The van der Waals surface area contributed by atoms with E-state index in [4.69, 9.17) is 4.74 Å². The number of hydrogen-bond acceptors (Lipinski definition) is 2. The highest BCUT2D eigenvalue weighted by Crippen LogP contribution is 2.24. The van der Waals surface area contributed by atoms with Crippen molar-refractivity contribution in [3.63, 3.8) is 0 Å². The molecule has 1 N–H and O–H groups in total. The SMILES string of the molecule is CC(C)(C)OCCNc1c(F)cccc1Br. The van der Waals surface area contributed by atoms with Crippen LogP contribution in [0.1, 0.15) is 20.8 Å². The summed E-state index contributed by atoms with van der Waals surface area (Å²) in [7, 11) is 0. The Bertz CT molecular complexity index is 329. The molecular formula is C12H17BrFNO. The molecule has 0 saturated carbocycles. The van der Waals surface area contributed by atoms with Gasteiger partial charge < -0.3 is 10.1 Å². The van der Waals surface area contributed by atoms with E-state index in [1.807, 2.05) is 20.8 Å². The molecule has 1 aromatic rings. The monoisotopic (exact) mass is 289 g/mol. The van der Waals surface area contributed by atoms with Gasteiger partial charge in [0.15, 0.2) is 0 Å². The quantitative estimate of drug-likeness (QED) is 0.851. The van der Waals surface area contributed by atoms with E-state index in [1.54, 1.807) is 12.1 Å². The summed E-state index contributed by atoms with van der Waals surface area (Å²) in [6, 6.07) is 4.89. The molecule has 0 aliphatic heterocycles. The van der Waals surface area contributed by atoms with Crippen molar-refractivity contribution in [1.29, 1.82) is 0 Å². The Morgan fingerprint density at radius 3 is 2.62 bits per heavy atom. The standard InChI is InChI=1S/C12H17BrFNO/c1-12(2,3)16-8-7-15-11-9(13)5-4-6-10(11)14/h4-6,15H,7-8H2,1-3H3. The van der Waals surface area contributed by atoms with Crippen LogP contribution in [0.5, 0.6) is 0 Å². The Hall–Kier alpha value is -0.610. The lowest BCUT2D eigenvalue weighted by molar-refractivity contribution is 0.00332. The topological polar surface area (TPSA) is 21.3 Å². The third kappa shape index (κ3) is 4.49. The number of para-hydroxylation sites is 1. The van der Waals surface area contributed by atoms with Gasteiger partial charge in [0.25, 0.3) is 0 Å². The van der Waals surface area contributed by atoms with E-state index in [0.717, 1.165) is 4.47 Å². The second-order valence-corrected chi connectivity index (χ2v) is 5.34. The number of ether oxygens (including phenoxy) is 1. The fraction of sp³-hybridized carbons (Fsp3) is 0.500. The molecule has 90 valence electrons. The molecule has 0 heterocycles. The Labute approximate surface area is 104 Å². The van der Waals surface area contributed by atoms with Gasteiger partial charge in [-0.05, 0) is 48.8 Å². The van der Waals surface area contributed by atoms with Crippen LogP contribution in [-0.2, 0) is 4.74 Å². The Morgan fingerprint density at radius 1 is 1.38 bits per heavy atom. The zero-order chi connectivity index (χ0) is 12.2. The van der Waals surface area contributed by atoms with Crippen LogP contribution in [0.3, 0.4) is 0 Å². The van der Waals surface area contributed by atoms with Crippen LogP contribution in [0.2, 0.25) is 0 Å². The molecule has 0 aliphatic carbocycles. The van der Waals surface area contributed by atoms with Gasteiger partial charge in [0.2, 0.25) is 0 Å². The first kappa shape index (κ1) is 13.5.